The highest BCUT2D eigenvalue weighted by Gasteiger charge is 2.24. The molecule has 3 rings (SSSR count). The first-order chi connectivity index (χ1) is 11.6. The first kappa shape index (κ1) is 16.8. The molecule has 0 saturated carbocycles. The number of hydrogen-bond acceptors (Lipinski definition) is 3. The molecule has 1 aliphatic heterocycles. The molecule has 1 aromatic carbocycles. The number of aromatic nitrogens is 2. The third-order valence-corrected chi connectivity index (χ3v) is 4.73. The minimum atomic E-state index is -0.0742. The van der Waals surface area contributed by atoms with E-state index in [0.29, 0.717) is 26.1 Å². The Morgan fingerprint density at radius 3 is 2.79 bits per heavy atom. The number of likely N-dealkylation sites (tertiary alicyclic amines) is 1. The van der Waals surface area contributed by atoms with E-state index in [-0.39, 0.29) is 17.7 Å². The number of piperidine rings is 1. The SMILES string of the molecule is CCOC1CCCN(C(=O)CCn2c(=O)n(C)c3ccccc32)C1. The third-order valence-electron chi connectivity index (χ3n) is 4.73. The maximum Gasteiger partial charge on any atom is 0.328 e. The lowest BCUT2D eigenvalue weighted by atomic mass is 10.1. The second-order valence-electron chi connectivity index (χ2n) is 6.29. The zero-order chi connectivity index (χ0) is 17.1. The first-order valence-corrected chi connectivity index (χ1v) is 8.65. The topological polar surface area (TPSA) is 56.5 Å². The Bertz CT molecular complexity index is 775. The van der Waals surface area contributed by atoms with Crippen molar-refractivity contribution >= 4 is 16.9 Å². The largest absolute Gasteiger partial charge is 0.377 e. The average molecular weight is 331 g/mol. The van der Waals surface area contributed by atoms with Crippen LogP contribution in [0.5, 0.6) is 0 Å². The summed E-state index contributed by atoms with van der Waals surface area (Å²) in [6, 6.07) is 7.68. The maximum atomic E-state index is 12.5. The Morgan fingerprint density at radius 2 is 2.04 bits per heavy atom. The van der Waals surface area contributed by atoms with Crippen molar-refractivity contribution in [3.8, 4) is 0 Å². The van der Waals surface area contributed by atoms with E-state index in [4.69, 9.17) is 4.74 Å². The fourth-order valence-electron chi connectivity index (χ4n) is 3.48. The highest BCUT2D eigenvalue weighted by Crippen LogP contribution is 2.15. The number of benzene rings is 1. The van der Waals surface area contributed by atoms with Gasteiger partial charge in [-0.1, -0.05) is 12.1 Å². The van der Waals surface area contributed by atoms with Gasteiger partial charge in [-0.3, -0.25) is 13.9 Å². The van der Waals surface area contributed by atoms with Crippen LogP contribution in [0, 0.1) is 0 Å². The van der Waals surface area contributed by atoms with Crippen molar-refractivity contribution in [2.45, 2.75) is 38.8 Å². The van der Waals surface area contributed by atoms with E-state index in [9.17, 15) is 9.59 Å². The summed E-state index contributed by atoms with van der Waals surface area (Å²) >= 11 is 0. The number of imidazole rings is 1. The first-order valence-electron chi connectivity index (χ1n) is 8.65. The highest BCUT2D eigenvalue weighted by molar-refractivity contribution is 5.78. The molecule has 6 heteroatoms. The highest BCUT2D eigenvalue weighted by atomic mass is 16.5. The number of fused-ring (bicyclic) bond motifs is 1. The number of aryl methyl sites for hydroxylation is 2. The predicted molar refractivity (Wildman–Crippen MR) is 93.0 cm³/mol. The summed E-state index contributed by atoms with van der Waals surface area (Å²) in [5, 5.41) is 0. The van der Waals surface area contributed by atoms with Gasteiger partial charge >= 0.3 is 5.69 Å². The molecule has 2 heterocycles. The second kappa shape index (κ2) is 7.21. The molecule has 1 fully saturated rings. The van der Waals surface area contributed by atoms with Crippen LogP contribution in [0.25, 0.3) is 11.0 Å². The van der Waals surface area contributed by atoms with Gasteiger partial charge in [0.2, 0.25) is 5.91 Å². The van der Waals surface area contributed by atoms with Gasteiger partial charge < -0.3 is 9.64 Å². The van der Waals surface area contributed by atoms with Crippen LogP contribution in [0.15, 0.2) is 29.1 Å². The number of ether oxygens (including phenoxy) is 1. The Balaban J connectivity index is 1.69. The zero-order valence-electron chi connectivity index (χ0n) is 14.4. The molecule has 1 amide bonds. The van der Waals surface area contributed by atoms with Crippen molar-refractivity contribution < 1.29 is 9.53 Å². The molecule has 1 aliphatic rings. The Hall–Kier alpha value is -2.08. The predicted octanol–water partition coefficient (Wildman–Crippen LogP) is 1.76. The van der Waals surface area contributed by atoms with Crippen molar-refractivity contribution in [2.75, 3.05) is 19.7 Å². The van der Waals surface area contributed by atoms with E-state index in [2.05, 4.69) is 0 Å². The Labute approximate surface area is 141 Å². The third kappa shape index (κ3) is 3.24. The quantitative estimate of drug-likeness (QED) is 0.839. The lowest BCUT2D eigenvalue weighted by Crippen LogP contribution is -2.43. The summed E-state index contributed by atoms with van der Waals surface area (Å²) in [6.45, 7) is 4.52. The van der Waals surface area contributed by atoms with Gasteiger partial charge in [0.1, 0.15) is 0 Å². The molecule has 0 bridgehead atoms. The number of carbonyl (C=O) groups is 1. The van der Waals surface area contributed by atoms with Crippen LogP contribution in [-0.2, 0) is 23.1 Å². The second-order valence-corrected chi connectivity index (χ2v) is 6.29. The van der Waals surface area contributed by atoms with E-state index < -0.39 is 0 Å². The minimum Gasteiger partial charge on any atom is -0.377 e. The van der Waals surface area contributed by atoms with Gasteiger partial charge in [-0.25, -0.2) is 4.79 Å². The molecule has 1 unspecified atom stereocenters. The standard InChI is InChI=1S/C18H25N3O3/c1-3-24-14-7-6-11-20(13-14)17(22)10-12-21-16-9-5-4-8-15(16)19(2)18(21)23/h4-5,8-9,14H,3,6-7,10-13H2,1-2H3. The van der Waals surface area contributed by atoms with Crippen molar-refractivity contribution in [3.63, 3.8) is 0 Å². The molecular formula is C18H25N3O3. The molecule has 2 aromatic rings. The van der Waals surface area contributed by atoms with Crippen molar-refractivity contribution in [1.29, 1.82) is 0 Å². The number of rotatable bonds is 5. The van der Waals surface area contributed by atoms with Crippen molar-refractivity contribution in [3.05, 3.63) is 34.7 Å². The average Bonchev–Trinajstić information content (AvgIpc) is 2.85. The summed E-state index contributed by atoms with van der Waals surface area (Å²) < 4.78 is 8.98. The summed E-state index contributed by atoms with van der Waals surface area (Å²) in [7, 11) is 1.76. The van der Waals surface area contributed by atoms with Gasteiger partial charge in [-0.05, 0) is 31.9 Å². The molecule has 0 spiro atoms. The number of para-hydroxylation sites is 2. The summed E-state index contributed by atoms with van der Waals surface area (Å²) in [6.07, 6.45) is 2.48. The lowest BCUT2D eigenvalue weighted by Gasteiger charge is -2.32. The molecule has 6 nitrogen and oxygen atoms in total. The summed E-state index contributed by atoms with van der Waals surface area (Å²) in [4.78, 5) is 26.8. The molecule has 0 N–H and O–H groups in total. The van der Waals surface area contributed by atoms with Crippen LogP contribution in [0.1, 0.15) is 26.2 Å². The number of carbonyl (C=O) groups excluding carboxylic acids is 1. The van der Waals surface area contributed by atoms with E-state index >= 15 is 0 Å². The molecule has 130 valence electrons. The van der Waals surface area contributed by atoms with Gasteiger partial charge in [0.25, 0.3) is 0 Å². The van der Waals surface area contributed by atoms with Gasteiger partial charge in [0, 0.05) is 39.7 Å². The molecule has 1 aromatic heterocycles. The van der Waals surface area contributed by atoms with E-state index in [1.807, 2.05) is 36.1 Å². The lowest BCUT2D eigenvalue weighted by molar-refractivity contribution is -0.135. The fraction of sp³-hybridized carbons (Fsp3) is 0.556. The molecule has 1 saturated heterocycles. The van der Waals surface area contributed by atoms with Crippen LogP contribution in [0.2, 0.25) is 0 Å². The molecule has 0 radical (unpaired) electrons. The summed E-state index contributed by atoms with van der Waals surface area (Å²) in [5.74, 6) is 0.0965. The number of amides is 1. The fourth-order valence-corrected chi connectivity index (χ4v) is 3.48. The van der Waals surface area contributed by atoms with Crippen molar-refractivity contribution in [2.24, 2.45) is 7.05 Å². The Morgan fingerprint density at radius 1 is 1.29 bits per heavy atom. The van der Waals surface area contributed by atoms with Gasteiger partial charge in [0.05, 0.1) is 17.1 Å². The van der Waals surface area contributed by atoms with Crippen LogP contribution >= 0.6 is 0 Å². The molecule has 1 atom stereocenters. The minimum absolute atomic E-state index is 0.0742. The Kier molecular flexibility index (Phi) is 5.04. The van der Waals surface area contributed by atoms with Crippen LogP contribution in [-0.4, -0.2) is 45.7 Å². The monoisotopic (exact) mass is 331 g/mol. The van der Waals surface area contributed by atoms with E-state index in [1.165, 1.54) is 0 Å². The summed E-state index contributed by atoms with van der Waals surface area (Å²) in [5.41, 5.74) is 1.70. The van der Waals surface area contributed by atoms with Gasteiger partial charge in [-0.2, -0.15) is 0 Å². The van der Waals surface area contributed by atoms with Crippen LogP contribution in [0.3, 0.4) is 0 Å². The zero-order valence-corrected chi connectivity index (χ0v) is 14.4. The molecular weight excluding hydrogens is 306 g/mol. The van der Waals surface area contributed by atoms with Crippen LogP contribution < -0.4 is 5.69 Å². The number of hydrogen-bond donors (Lipinski definition) is 0. The van der Waals surface area contributed by atoms with E-state index in [0.717, 1.165) is 30.4 Å². The number of nitrogens with zero attached hydrogens (tertiary/aromatic N) is 3. The normalized spacial score (nSPS) is 18.2. The molecule has 0 aliphatic carbocycles. The van der Waals surface area contributed by atoms with Gasteiger partial charge in [-0.15, -0.1) is 0 Å². The van der Waals surface area contributed by atoms with Gasteiger partial charge in [0.15, 0.2) is 0 Å². The smallest absolute Gasteiger partial charge is 0.328 e. The van der Waals surface area contributed by atoms with Crippen molar-refractivity contribution in [1.82, 2.24) is 14.0 Å². The van der Waals surface area contributed by atoms with Crippen LogP contribution in [0.4, 0.5) is 0 Å². The van der Waals surface area contributed by atoms with E-state index in [1.54, 1.807) is 16.2 Å². The molecule has 24 heavy (non-hydrogen) atoms. The maximum absolute atomic E-state index is 12.5.